The normalized spacial score (nSPS) is 11.5. The number of benzene rings is 2. The van der Waals surface area contributed by atoms with Crippen molar-refractivity contribution >= 4 is 61.3 Å². The number of hydrogen-bond acceptors (Lipinski definition) is 5. The predicted molar refractivity (Wildman–Crippen MR) is 104 cm³/mol. The van der Waals surface area contributed by atoms with Crippen molar-refractivity contribution in [2.45, 2.75) is 13.8 Å². The van der Waals surface area contributed by atoms with Gasteiger partial charge in [0.05, 0.1) is 25.9 Å². The predicted octanol–water partition coefficient (Wildman–Crippen LogP) is 6.86. The van der Waals surface area contributed by atoms with E-state index in [0.717, 1.165) is 29.0 Å². The van der Waals surface area contributed by atoms with Gasteiger partial charge in [0.1, 0.15) is 0 Å². The largest absolute Gasteiger partial charge is 0.372 e. The number of aromatic nitrogens is 1. The Labute approximate surface area is 154 Å². The van der Waals surface area contributed by atoms with Gasteiger partial charge in [-0.15, -0.1) is 10.2 Å². The first-order chi connectivity index (χ1) is 11.6. The van der Waals surface area contributed by atoms with Crippen molar-refractivity contribution in [1.29, 1.82) is 0 Å². The van der Waals surface area contributed by atoms with Gasteiger partial charge in [0.25, 0.3) is 0 Å². The third kappa shape index (κ3) is 3.69. The maximum atomic E-state index is 6.02. The SMILES string of the molecule is CCN(CC)c1ccc(N=Nc2nc3cc(Cl)c(Cl)cc3s2)cc1. The number of anilines is 1. The summed E-state index contributed by atoms with van der Waals surface area (Å²) in [6.07, 6.45) is 0. The van der Waals surface area contributed by atoms with Gasteiger partial charge in [0, 0.05) is 18.8 Å². The van der Waals surface area contributed by atoms with Gasteiger partial charge in [-0.2, -0.15) is 0 Å². The van der Waals surface area contributed by atoms with Gasteiger partial charge >= 0.3 is 0 Å². The maximum Gasteiger partial charge on any atom is 0.231 e. The van der Waals surface area contributed by atoms with Crippen LogP contribution in [0.15, 0.2) is 46.6 Å². The van der Waals surface area contributed by atoms with Crippen LogP contribution in [0.25, 0.3) is 10.2 Å². The molecule has 0 fully saturated rings. The highest BCUT2D eigenvalue weighted by atomic mass is 35.5. The van der Waals surface area contributed by atoms with Crippen LogP contribution in [0.5, 0.6) is 0 Å². The van der Waals surface area contributed by atoms with Crippen LogP contribution >= 0.6 is 34.5 Å². The van der Waals surface area contributed by atoms with E-state index in [1.807, 2.05) is 12.1 Å². The molecule has 1 aromatic heterocycles. The minimum absolute atomic E-state index is 0.491. The van der Waals surface area contributed by atoms with E-state index >= 15 is 0 Å². The van der Waals surface area contributed by atoms with Crippen LogP contribution in [0.4, 0.5) is 16.5 Å². The first kappa shape index (κ1) is 17.1. The summed E-state index contributed by atoms with van der Waals surface area (Å²) in [5.41, 5.74) is 2.75. The Morgan fingerprint density at radius 1 is 1.00 bits per heavy atom. The molecule has 3 rings (SSSR count). The number of thiazole rings is 1. The Balaban J connectivity index is 1.80. The molecule has 4 nitrogen and oxygen atoms in total. The number of nitrogens with zero attached hydrogens (tertiary/aromatic N) is 4. The number of azo groups is 1. The van der Waals surface area contributed by atoms with E-state index in [1.165, 1.54) is 17.0 Å². The Morgan fingerprint density at radius 2 is 1.67 bits per heavy atom. The van der Waals surface area contributed by atoms with Gasteiger partial charge in [-0.1, -0.05) is 34.5 Å². The van der Waals surface area contributed by atoms with Crippen LogP contribution in [0.1, 0.15) is 13.8 Å². The Bertz CT molecular complexity index is 831. The Hall–Kier alpha value is -1.69. The molecule has 0 unspecified atom stereocenters. The number of hydrogen-bond donors (Lipinski definition) is 0. The molecule has 0 spiro atoms. The molecule has 1 heterocycles. The Kier molecular flexibility index (Phi) is 5.33. The van der Waals surface area contributed by atoms with Crippen molar-refractivity contribution < 1.29 is 0 Å². The van der Waals surface area contributed by atoms with Gasteiger partial charge in [-0.3, -0.25) is 0 Å². The average molecular weight is 379 g/mol. The third-order valence-electron chi connectivity index (χ3n) is 3.65. The van der Waals surface area contributed by atoms with E-state index in [2.05, 4.69) is 46.1 Å². The molecule has 0 amide bonds. The van der Waals surface area contributed by atoms with Gasteiger partial charge in [0.2, 0.25) is 5.13 Å². The third-order valence-corrected chi connectivity index (χ3v) is 5.27. The molecule has 0 radical (unpaired) electrons. The second-order valence-electron chi connectivity index (χ2n) is 5.12. The van der Waals surface area contributed by atoms with E-state index in [4.69, 9.17) is 23.2 Å². The van der Waals surface area contributed by atoms with Crippen LogP contribution in [-0.4, -0.2) is 18.1 Å². The van der Waals surface area contributed by atoms with Crippen molar-refractivity contribution in [2.24, 2.45) is 10.2 Å². The van der Waals surface area contributed by atoms with E-state index in [1.54, 1.807) is 12.1 Å². The van der Waals surface area contributed by atoms with E-state index in [0.29, 0.717) is 15.2 Å². The quantitative estimate of drug-likeness (QED) is 0.454. The van der Waals surface area contributed by atoms with Crippen molar-refractivity contribution in [3.63, 3.8) is 0 Å². The second-order valence-corrected chi connectivity index (χ2v) is 6.94. The van der Waals surface area contributed by atoms with Gasteiger partial charge < -0.3 is 4.90 Å². The first-order valence-electron chi connectivity index (χ1n) is 7.63. The van der Waals surface area contributed by atoms with Crippen LogP contribution in [-0.2, 0) is 0 Å². The summed E-state index contributed by atoms with van der Waals surface area (Å²) >= 11 is 13.5. The monoisotopic (exact) mass is 378 g/mol. The highest BCUT2D eigenvalue weighted by Crippen LogP contribution is 2.34. The molecule has 7 heteroatoms. The molecule has 0 aliphatic rings. The second kappa shape index (κ2) is 7.47. The molecule has 3 aromatic rings. The highest BCUT2D eigenvalue weighted by Gasteiger charge is 2.07. The molecule has 2 aromatic carbocycles. The fourth-order valence-electron chi connectivity index (χ4n) is 2.37. The number of fused-ring (bicyclic) bond motifs is 1. The number of halogens is 2. The summed E-state index contributed by atoms with van der Waals surface area (Å²) in [6.45, 7) is 6.24. The van der Waals surface area contributed by atoms with E-state index in [9.17, 15) is 0 Å². The first-order valence-corrected chi connectivity index (χ1v) is 9.20. The lowest BCUT2D eigenvalue weighted by Crippen LogP contribution is -2.21. The van der Waals surface area contributed by atoms with Crippen LogP contribution in [0.3, 0.4) is 0 Å². The molecular weight excluding hydrogens is 363 g/mol. The number of rotatable bonds is 5. The summed E-state index contributed by atoms with van der Waals surface area (Å²) in [5.74, 6) is 0. The molecule has 0 saturated heterocycles. The van der Waals surface area contributed by atoms with Gasteiger partial charge in [-0.05, 0) is 50.2 Å². The molecule has 0 aliphatic carbocycles. The van der Waals surface area contributed by atoms with Crippen LogP contribution in [0, 0.1) is 0 Å². The van der Waals surface area contributed by atoms with Gasteiger partial charge in [-0.25, -0.2) is 4.98 Å². The summed E-state index contributed by atoms with van der Waals surface area (Å²) in [4.78, 5) is 6.69. The standard InChI is InChI=1S/C17H16Cl2N4S/c1-3-23(4-2)12-7-5-11(6-8-12)21-22-17-20-15-9-13(18)14(19)10-16(15)24-17/h5-10H,3-4H2,1-2H3. The topological polar surface area (TPSA) is 40.9 Å². The van der Waals surface area contributed by atoms with Crippen molar-refractivity contribution in [2.75, 3.05) is 18.0 Å². The van der Waals surface area contributed by atoms with Crippen LogP contribution < -0.4 is 4.90 Å². The van der Waals surface area contributed by atoms with E-state index < -0.39 is 0 Å². The molecule has 0 aliphatic heterocycles. The summed E-state index contributed by atoms with van der Waals surface area (Å²) < 4.78 is 0.940. The molecular formula is C17H16Cl2N4S. The van der Waals surface area contributed by atoms with Crippen LogP contribution in [0.2, 0.25) is 10.0 Å². The lowest BCUT2D eigenvalue weighted by Gasteiger charge is -2.20. The van der Waals surface area contributed by atoms with Gasteiger partial charge in [0.15, 0.2) is 0 Å². The lowest BCUT2D eigenvalue weighted by molar-refractivity contribution is 0.866. The molecule has 0 N–H and O–H groups in total. The fourth-order valence-corrected chi connectivity index (χ4v) is 3.57. The molecule has 124 valence electrons. The average Bonchev–Trinajstić information content (AvgIpc) is 2.97. The minimum Gasteiger partial charge on any atom is -0.372 e. The fraction of sp³-hybridized carbons (Fsp3) is 0.235. The maximum absolute atomic E-state index is 6.02. The smallest absolute Gasteiger partial charge is 0.231 e. The highest BCUT2D eigenvalue weighted by molar-refractivity contribution is 7.22. The van der Waals surface area contributed by atoms with E-state index in [-0.39, 0.29) is 0 Å². The zero-order valence-corrected chi connectivity index (χ0v) is 15.7. The molecule has 0 bridgehead atoms. The molecule has 0 atom stereocenters. The summed E-state index contributed by atoms with van der Waals surface area (Å²) in [5, 5.41) is 10.1. The summed E-state index contributed by atoms with van der Waals surface area (Å²) in [6, 6.07) is 11.6. The zero-order valence-electron chi connectivity index (χ0n) is 13.3. The van der Waals surface area contributed by atoms with Crippen molar-refractivity contribution in [3.05, 3.63) is 46.4 Å². The summed E-state index contributed by atoms with van der Waals surface area (Å²) in [7, 11) is 0. The van der Waals surface area contributed by atoms with Crippen molar-refractivity contribution in [3.8, 4) is 0 Å². The zero-order chi connectivity index (χ0) is 17.1. The lowest BCUT2D eigenvalue weighted by atomic mass is 10.2. The minimum atomic E-state index is 0.491. The molecule has 24 heavy (non-hydrogen) atoms. The Morgan fingerprint density at radius 3 is 2.33 bits per heavy atom. The van der Waals surface area contributed by atoms with Crippen molar-refractivity contribution in [1.82, 2.24) is 4.98 Å². The molecule has 0 saturated carbocycles.